The maximum Gasteiger partial charge on any atom is 0.227 e. The highest BCUT2D eigenvalue weighted by atomic mass is 35.5. The number of anilines is 1. The second kappa shape index (κ2) is 6.83. The highest BCUT2D eigenvalue weighted by Gasteiger charge is 2.34. The minimum absolute atomic E-state index is 0.0407. The Labute approximate surface area is 138 Å². The number of aromatic amines is 1. The molecule has 0 saturated carbocycles. The Morgan fingerprint density at radius 3 is 2.87 bits per heavy atom. The van der Waals surface area contributed by atoms with Crippen molar-refractivity contribution >= 4 is 29.1 Å². The first kappa shape index (κ1) is 15.6. The summed E-state index contributed by atoms with van der Waals surface area (Å²) in [5.41, 5.74) is 1.74. The van der Waals surface area contributed by atoms with Gasteiger partial charge >= 0.3 is 0 Å². The number of amides is 2. The summed E-state index contributed by atoms with van der Waals surface area (Å²) in [7, 11) is 0. The van der Waals surface area contributed by atoms with Crippen molar-refractivity contribution in [2.24, 2.45) is 5.92 Å². The van der Waals surface area contributed by atoms with Crippen molar-refractivity contribution in [1.82, 2.24) is 15.3 Å². The fourth-order valence-corrected chi connectivity index (χ4v) is 2.77. The molecule has 2 amide bonds. The van der Waals surface area contributed by atoms with Gasteiger partial charge in [0.05, 0.1) is 12.2 Å². The van der Waals surface area contributed by atoms with Crippen LogP contribution in [0.5, 0.6) is 0 Å². The molecule has 1 atom stereocenters. The fraction of sp³-hybridized carbons (Fsp3) is 0.312. The highest BCUT2D eigenvalue weighted by Crippen LogP contribution is 2.26. The van der Waals surface area contributed by atoms with Gasteiger partial charge in [-0.2, -0.15) is 0 Å². The molecule has 120 valence electrons. The van der Waals surface area contributed by atoms with E-state index in [4.69, 9.17) is 11.6 Å². The van der Waals surface area contributed by atoms with Crippen LogP contribution in [0.2, 0.25) is 5.02 Å². The molecule has 7 heteroatoms. The molecular formula is C16H17ClN4O2. The lowest BCUT2D eigenvalue weighted by Crippen LogP contribution is -2.34. The smallest absolute Gasteiger partial charge is 0.227 e. The predicted octanol–water partition coefficient (Wildman–Crippen LogP) is 1.77. The van der Waals surface area contributed by atoms with Crippen molar-refractivity contribution in [1.29, 1.82) is 0 Å². The Morgan fingerprint density at radius 2 is 2.17 bits per heavy atom. The molecular weight excluding hydrogens is 316 g/mol. The number of carbonyl (C=O) groups is 2. The van der Waals surface area contributed by atoms with Gasteiger partial charge in [-0.25, -0.2) is 4.98 Å². The largest absolute Gasteiger partial charge is 0.355 e. The van der Waals surface area contributed by atoms with E-state index in [2.05, 4.69) is 15.3 Å². The van der Waals surface area contributed by atoms with Crippen LogP contribution in [-0.4, -0.2) is 34.9 Å². The first-order valence-electron chi connectivity index (χ1n) is 7.44. The molecule has 1 aliphatic heterocycles. The third-order valence-corrected chi connectivity index (χ3v) is 4.13. The average molecular weight is 333 g/mol. The number of halogens is 1. The number of benzene rings is 1. The van der Waals surface area contributed by atoms with Gasteiger partial charge in [0.15, 0.2) is 0 Å². The van der Waals surface area contributed by atoms with Crippen LogP contribution in [0.25, 0.3) is 0 Å². The summed E-state index contributed by atoms with van der Waals surface area (Å²) in [6.07, 6.45) is 4.26. The van der Waals surface area contributed by atoms with Crippen molar-refractivity contribution in [2.45, 2.75) is 12.8 Å². The Morgan fingerprint density at radius 1 is 1.39 bits per heavy atom. The standard InChI is InChI=1S/C16H17ClN4O2/c17-12-1-3-14(4-2-12)21-9-11(7-15(21)22)16(23)19-6-5-13-8-18-10-20-13/h1-4,8,10-11H,5-7,9H2,(H,18,20)(H,19,23)/t11-/m1/s1. The van der Waals surface area contributed by atoms with Gasteiger partial charge in [0, 0.05) is 48.5 Å². The SMILES string of the molecule is O=C(NCCc1cnc[nH]1)[C@@H]1CC(=O)N(c2ccc(Cl)cc2)C1. The quantitative estimate of drug-likeness (QED) is 0.876. The third kappa shape index (κ3) is 3.71. The minimum Gasteiger partial charge on any atom is -0.355 e. The van der Waals surface area contributed by atoms with E-state index >= 15 is 0 Å². The van der Waals surface area contributed by atoms with Gasteiger partial charge in [0.25, 0.3) is 0 Å². The Bertz CT molecular complexity index is 685. The maximum atomic E-state index is 12.2. The molecule has 1 aromatic heterocycles. The van der Waals surface area contributed by atoms with Gasteiger partial charge in [-0.1, -0.05) is 11.6 Å². The van der Waals surface area contributed by atoms with Crippen LogP contribution in [0.15, 0.2) is 36.8 Å². The number of carbonyl (C=O) groups excluding carboxylic acids is 2. The van der Waals surface area contributed by atoms with E-state index in [1.54, 1.807) is 41.7 Å². The minimum atomic E-state index is -0.319. The van der Waals surface area contributed by atoms with Crippen molar-refractivity contribution in [3.05, 3.63) is 47.5 Å². The van der Waals surface area contributed by atoms with E-state index in [1.807, 2.05) is 0 Å². The topological polar surface area (TPSA) is 78.1 Å². The molecule has 2 heterocycles. The van der Waals surface area contributed by atoms with E-state index in [0.717, 1.165) is 11.4 Å². The van der Waals surface area contributed by atoms with E-state index in [0.29, 0.717) is 24.5 Å². The molecule has 6 nitrogen and oxygen atoms in total. The van der Waals surface area contributed by atoms with Crippen molar-refractivity contribution in [2.75, 3.05) is 18.0 Å². The Hall–Kier alpha value is -2.34. The lowest BCUT2D eigenvalue weighted by molar-refractivity contribution is -0.126. The molecule has 0 bridgehead atoms. The molecule has 1 aromatic carbocycles. The molecule has 2 N–H and O–H groups in total. The van der Waals surface area contributed by atoms with E-state index in [-0.39, 0.29) is 24.2 Å². The first-order valence-corrected chi connectivity index (χ1v) is 7.82. The summed E-state index contributed by atoms with van der Waals surface area (Å²) in [5, 5.41) is 3.50. The lowest BCUT2D eigenvalue weighted by Gasteiger charge is -2.16. The molecule has 1 aliphatic rings. The van der Waals surface area contributed by atoms with E-state index in [1.165, 1.54) is 0 Å². The summed E-state index contributed by atoms with van der Waals surface area (Å²) in [5.74, 6) is -0.449. The monoisotopic (exact) mass is 332 g/mol. The average Bonchev–Trinajstić information content (AvgIpc) is 3.18. The Balaban J connectivity index is 1.54. The van der Waals surface area contributed by atoms with Gasteiger partial charge in [-0.3, -0.25) is 9.59 Å². The second-order valence-electron chi connectivity index (χ2n) is 5.50. The van der Waals surface area contributed by atoms with Crippen molar-refractivity contribution in [3.8, 4) is 0 Å². The molecule has 0 aliphatic carbocycles. The normalized spacial score (nSPS) is 17.5. The van der Waals surface area contributed by atoms with Crippen LogP contribution >= 0.6 is 11.6 Å². The summed E-state index contributed by atoms with van der Waals surface area (Å²) < 4.78 is 0. The number of imidazole rings is 1. The van der Waals surface area contributed by atoms with Crippen LogP contribution in [0, 0.1) is 5.92 Å². The summed E-state index contributed by atoms with van der Waals surface area (Å²) in [4.78, 5) is 32.9. The fourth-order valence-electron chi connectivity index (χ4n) is 2.64. The Kier molecular flexibility index (Phi) is 4.62. The zero-order valence-electron chi connectivity index (χ0n) is 12.5. The summed E-state index contributed by atoms with van der Waals surface area (Å²) >= 11 is 5.86. The molecule has 1 fully saturated rings. The zero-order valence-corrected chi connectivity index (χ0v) is 13.2. The zero-order chi connectivity index (χ0) is 16.2. The van der Waals surface area contributed by atoms with Gasteiger partial charge in [-0.15, -0.1) is 0 Å². The second-order valence-corrected chi connectivity index (χ2v) is 5.94. The highest BCUT2D eigenvalue weighted by molar-refractivity contribution is 6.30. The summed E-state index contributed by atoms with van der Waals surface area (Å²) in [6, 6.07) is 7.06. The van der Waals surface area contributed by atoms with E-state index < -0.39 is 0 Å². The van der Waals surface area contributed by atoms with Gasteiger partial charge in [0.1, 0.15) is 0 Å². The maximum absolute atomic E-state index is 12.2. The number of hydrogen-bond acceptors (Lipinski definition) is 3. The van der Waals surface area contributed by atoms with Gasteiger partial charge < -0.3 is 15.2 Å². The number of hydrogen-bond donors (Lipinski definition) is 2. The molecule has 3 rings (SSSR count). The number of nitrogens with zero attached hydrogens (tertiary/aromatic N) is 2. The van der Waals surface area contributed by atoms with Gasteiger partial charge in [0.2, 0.25) is 11.8 Å². The third-order valence-electron chi connectivity index (χ3n) is 3.88. The van der Waals surface area contributed by atoms with Crippen LogP contribution < -0.4 is 10.2 Å². The van der Waals surface area contributed by atoms with E-state index in [9.17, 15) is 9.59 Å². The van der Waals surface area contributed by atoms with Crippen LogP contribution in [-0.2, 0) is 16.0 Å². The number of aromatic nitrogens is 2. The lowest BCUT2D eigenvalue weighted by atomic mass is 10.1. The molecule has 0 spiro atoms. The molecule has 0 radical (unpaired) electrons. The van der Waals surface area contributed by atoms with Crippen molar-refractivity contribution in [3.63, 3.8) is 0 Å². The summed E-state index contributed by atoms with van der Waals surface area (Å²) in [6.45, 7) is 0.920. The molecule has 23 heavy (non-hydrogen) atoms. The number of H-pyrrole nitrogens is 1. The number of nitrogens with one attached hydrogen (secondary N) is 2. The first-order chi connectivity index (χ1) is 11.1. The van der Waals surface area contributed by atoms with Crippen LogP contribution in [0.4, 0.5) is 5.69 Å². The van der Waals surface area contributed by atoms with Crippen LogP contribution in [0.3, 0.4) is 0 Å². The molecule has 1 saturated heterocycles. The molecule has 2 aromatic rings. The number of rotatable bonds is 5. The predicted molar refractivity (Wildman–Crippen MR) is 87.2 cm³/mol. The van der Waals surface area contributed by atoms with Crippen LogP contribution in [0.1, 0.15) is 12.1 Å². The molecule has 0 unspecified atom stereocenters. The van der Waals surface area contributed by atoms with Crippen molar-refractivity contribution < 1.29 is 9.59 Å². The van der Waals surface area contributed by atoms with Gasteiger partial charge in [-0.05, 0) is 24.3 Å².